The molecule has 162 valence electrons. The summed E-state index contributed by atoms with van der Waals surface area (Å²) in [6, 6.07) is 20.0. The molecule has 32 heavy (non-hydrogen) atoms. The number of ether oxygens (including phenoxy) is 2. The minimum Gasteiger partial charge on any atom is -0.490 e. The van der Waals surface area contributed by atoms with Crippen molar-refractivity contribution in [2.45, 2.75) is 20.5 Å². The number of benzene rings is 3. The first-order valence-corrected chi connectivity index (χ1v) is 10.4. The molecular formula is C25H22ClN3O3. The zero-order valence-electron chi connectivity index (χ0n) is 17.8. The average Bonchev–Trinajstić information content (AvgIpc) is 2.79. The summed E-state index contributed by atoms with van der Waals surface area (Å²) in [5.74, 6) is 0.523. The lowest BCUT2D eigenvalue weighted by Crippen LogP contribution is -2.18. The molecule has 6 nitrogen and oxygen atoms in total. The van der Waals surface area contributed by atoms with Gasteiger partial charge < -0.3 is 9.47 Å². The van der Waals surface area contributed by atoms with Gasteiger partial charge in [-0.2, -0.15) is 10.4 Å². The lowest BCUT2D eigenvalue weighted by molar-refractivity contribution is 0.0954. The van der Waals surface area contributed by atoms with Crippen molar-refractivity contribution < 1.29 is 14.3 Å². The number of carbonyl (C=O) groups excluding carboxylic acids is 1. The highest BCUT2D eigenvalue weighted by Gasteiger charge is 2.14. The Labute approximate surface area is 192 Å². The van der Waals surface area contributed by atoms with Crippen LogP contribution in [0.3, 0.4) is 0 Å². The SMILES string of the molecule is CCOc1cc(/C=N\NC(=O)c2ccccc2C)cc(Cl)c1OCc1ccccc1C#N. The highest BCUT2D eigenvalue weighted by atomic mass is 35.5. The molecule has 0 spiro atoms. The summed E-state index contributed by atoms with van der Waals surface area (Å²) < 4.78 is 11.6. The van der Waals surface area contributed by atoms with E-state index in [-0.39, 0.29) is 12.5 Å². The van der Waals surface area contributed by atoms with Gasteiger partial charge in [0.15, 0.2) is 11.5 Å². The first-order chi connectivity index (χ1) is 15.5. The van der Waals surface area contributed by atoms with Crippen molar-refractivity contribution in [3.63, 3.8) is 0 Å². The predicted molar refractivity (Wildman–Crippen MR) is 124 cm³/mol. The van der Waals surface area contributed by atoms with Gasteiger partial charge in [-0.15, -0.1) is 0 Å². The summed E-state index contributed by atoms with van der Waals surface area (Å²) in [6.45, 7) is 4.29. The molecular weight excluding hydrogens is 426 g/mol. The lowest BCUT2D eigenvalue weighted by Gasteiger charge is -2.15. The zero-order chi connectivity index (χ0) is 22.9. The number of hydrogen-bond acceptors (Lipinski definition) is 5. The highest BCUT2D eigenvalue weighted by molar-refractivity contribution is 6.32. The summed E-state index contributed by atoms with van der Waals surface area (Å²) in [5, 5.41) is 13.6. The van der Waals surface area contributed by atoms with E-state index in [2.05, 4.69) is 16.6 Å². The van der Waals surface area contributed by atoms with Crippen LogP contribution in [-0.2, 0) is 6.61 Å². The van der Waals surface area contributed by atoms with E-state index in [4.69, 9.17) is 21.1 Å². The number of nitrogens with zero attached hydrogens (tertiary/aromatic N) is 2. The van der Waals surface area contributed by atoms with Crippen LogP contribution >= 0.6 is 11.6 Å². The molecule has 0 heterocycles. The van der Waals surface area contributed by atoms with Crippen LogP contribution in [0.2, 0.25) is 5.02 Å². The third-order valence-electron chi connectivity index (χ3n) is 4.61. The van der Waals surface area contributed by atoms with E-state index in [1.165, 1.54) is 6.21 Å². The van der Waals surface area contributed by atoms with Gasteiger partial charge in [0.25, 0.3) is 5.91 Å². The van der Waals surface area contributed by atoms with Crippen molar-refractivity contribution in [1.82, 2.24) is 5.43 Å². The Morgan fingerprint density at radius 2 is 1.91 bits per heavy atom. The van der Waals surface area contributed by atoms with E-state index < -0.39 is 0 Å². The number of hydrazone groups is 1. The zero-order valence-corrected chi connectivity index (χ0v) is 18.5. The Bertz CT molecular complexity index is 1190. The minimum absolute atomic E-state index is 0.170. The normalized spacial score (nSPS) is 10.6. The third kappa shape index (κ3) is 5.65. The summed E-state index contributed by atoms with van der Waals surface area (Å²) in [6.07, 6.45) is 1.49. The van der Waals surface area contributed by atoms with Crippen molar-refractivity contribution in [3.8, 4) is 17.6 Å². The maximum atomic E-state index is 12.3. The van der Waals surface area contributed by atoms with Gasteiger partial charge in [0.05, 0.1) is 29.5 Å². The van der Waals surface area contributed by atoms with Crippen LogP contribution in [0.5, 0.6) is 11.5 Å². The molecule has 1 amide bonds. The monoisotopic (exact) mass is 447 g/mol. The summed E-state index contributed by atoms with van der Waals surface area (Å²) >= 11 is 6.45. The van der Waals surface area contributed by atoms with Gasteiger partial charge in [-0.3, -0.25) is 4.79 Å². The molecule has 0 aromatic heterocycles. The molecule has 0 radical (unpaired) electrons. The molecule has 7 heteroatoms. The highest BCUT2D eigenvalue weighted by Crippen LogP contribution is 2.37. The molecule has 3 rings (SSSR count). The Morgan fingerprint density at radius 1 is 1.16 bits per heavy atom. The Morgan fingerprint density at radius 3 is 2.66 bits per heavy atom. The van der Waals surface area contributed by atoms with Gasteiger partial charge in [0.2, 0.25) is 0 Å². The second-order valence-corrected chi connectivity index (χ2v) is 7.24. The molecule has 3 aromatic carbocycles. The molecule has 0 atom stereocenters. The number of hydrogen-bond donors (Lipinski definition) is 1. The number of aryl methyl sites for hydroxylation is 1. The van der Waals surface area contributed by atoms with E-state index in [1.54, 1.807) is 36.4 Å². The van der Waals surface area contributed by atoms with Gasteiger partial charge in [-0.1, -0.05) is 48.0 Å². The van der Waals surface area contributed by atoms with Crippen LogP contribution in [-0.4, -0.2) is 18.7 Å². The molecule has 0 saturated heterocycles. The molecule has 0 fully saturated rings. The predicted octanol–water partition coefficient (Wildman–Crippen LogP) is 5.26. The van der Waals surface area contributed by atoms with E-state index in [9.17, 15) is 10.1 Å². The maximum Gasteiger partial charge on any atom is 0.271 e. The topological polar surface area (TPSA) is 83.7 Å². The van der Waals surface area contributed by atoms with Gasteiger partial charge >= 0.3 is 0 Å². The molecule has 1 N–H and O–H groups in total. The largest absolute Gasteiger partial charge is 0.490 e. The van der Waals surface area contributed by atoms with E-state index in [1.807, 2.05) is 38.1 Å². The number of amides is 1. The number of rotatable bonds is 8. The smallest absolute Gasteiger partial charge is 0.271 e. The fraction of sp³-hybridized carbons (Fsp3) is 0.160. The fourth-order valence-corrected chi connectivity index (χ4v) is 3.30. The Kier molecular flexibility index (Phi) is 7.85. The van der Waals surface area contributed by atoms with E-state index in [0.29, 0.717) is 39.8 Å². The van der Waals surface area contributed by atoms with Crippen molar-refractivity contribution in [1.29, 1.82) is 5.26 Å². The summed E-state index contributed by atoms with van der Waals surface area (Å²) in [7, 11) is 0. The van der Waals surface area contributed by atoms with Crippen molar-refractivity contribution in [3.05, 3.63) is 93.5 Å². The van der Waals surface area contributed by atoms with Crippen LogP contribution in [0.15, 0.2) is 65.8 Å². The van der Waals surface area contributed by atoms with Crippen LogP contribution < -0.4 is 14.9 Å². The van der Waals surface area contributed by atoms with Crippen LogP contribution in [0, 0.1) is 18.3 Å². The summed E-state index contributed by atoms with van der Waals surface area (Å²) in [5.41, 5.74) is 5.85. The molecule has 0 bridgehead atoms. The van der Waals surface area contributed by atoms with Crippen molar-refractivity contribution >= 4 is 23.7 Å². The van der Waals surface area contributed by atoms with Crippen LogP contribution in [0.25, 0.3) is 0 Å². The van der Waals surface area contributed by atoms with Gasteiger partial charge in [0.1, 0.15) is 6.61 Å². The van der Waals surface area contributed by atoms with Gasteiger partial charge in [0, 0.05) is 11.1 Å². The minimum atomic E-state index is -0.299. The van der Waals surface area contributed by atoms with Crippen LogP contribution in [0.1, 0.15) is 39.5 Å². The number of halogens is 1. The fourth-order valence-electron chi connectivity index (χ4n) is 3.02. The molecule has 0 unspecified atom stereocenters. The third-order valence-corrected chi connectivity index (χ3v) is 4.89. The average molecular weight is 448 g/mol. The molecule has 0 saturated carbocycles. The molecule has 3 aromatic rings. The molecule has 0 aliphatic heterocycles. The van der Waals surface area contributed by atoms with Crippen LogP contribution in [0.4, 0.5) is 0 Å². The Balaban J connectivity index is 1.76. The van der Waals surface area contributed by atoms with Crippen molar-refractivity contribution in [2.24, 2.45) is 5.10 Å². The molecule has 0 aliphatic rings. The van der Waals surface area contributed by atoms with Gasteiger partial charge in [-0.05, 0) is 49.2 Å². The second-order valence-electron chi connectivity index (χ2n) is 6.83. The first-order valence-electron chi connectivity index (χ1n) is 9.99. The number of nitriles is 1. The maximum absolute atomic E-state index is 12.3. The van der Waals surface area contributed by atoms with E-state index >= 15 is 0 Å². The van der Waals surface area contributed by atoms with E-state index in [0.717, 1.165) is 11.1 Å². The first kappa shape index (κ1) is 22.9. The molecule has 0 aliphatic carbocycles. The number of nitrogens with one attached hydrogen (secondary N) is 1. The quantitative estimate of drug-likeness (QED) is 0.377. The number of carbonyl (C=O) groups is 1. The standard InChI is InChI=1S/C25H22ClN3O3/c1-3-31-23-13-18(15-28-29-25(30)21-11-7-4-8-17(21)2)12-22(26)24(23)32-16-20-10-6-5-9-19(20)14-27/h4-13,15H,3,16H2,1-2H3,(H,29,30)/b28-15-. The van der Waals surface area contributed by atoms with Crippen molar-refractivity contribution in [2.75, 3.05) is 6.61 Å². The van der Waals surface area contributed by atoms with Gasteiger partial charge in [-0.25, -0.2) is 5.43 Å². The lowest BCUT2D eigenvalue weighted by atomic mass is 10.1. The Hall–Kier alpha value is -3.82. The second kappa shape index (κ2) is 11.0. The summed E-state index contributed by atoms with van der Waals surface area (Å²) in [4.78, 5) is 12.3.